The number of carbonyl (C=O) groups excluding carboxylic acids is 1. The highest BCUT2D eigenvalue weighted by Gasteiger charge is 2.38. The fourth-order valence-corrected chi connectivity index (χ4v) is 4.83. The highest BCUT2D eigenvalue weighted by molar-refractivity contribution is 7.53. The predicted molar refractivity (Wildman–Crippen MR) is 105 cm³/mol. The second-order valence-electron chi connectivity index (χ2n) is 5.83. The van der Waals surface area contributed by atoms with Crippen LogP contribution in [0.25, 0.3) is 16.2 Å². The van der Waals surface area contributed by atoms with Gasteiger partial charge in [0.25, 0.3) is 0 Å². The second kappa shape index (κ2) is 8.11. The minimum atomic E-state index is -4.87. The zero-order chi connectivity index (χ0) is 20.5. The van der Waals surface area contributed by atoms with E-state index >= 15 is 0 Å². The number of fused-ring (bicyclic) bond motifs is 1. The molecule has 1 heterocycles. The molecule has 146 valence electrons. The predicted octanol–water partition coefficient (Wildman–Crippen LogP) is 4.84. The van der Waals surface area contributed by atoms with Crippen molar-refractivity contribution in [1.82, 2.24) is 5.32 Å². The summed E-state index contributed by atoms with van der Waals surface area (Å²) >= 11 is 7.18. The Morgan fingerprint density at radius 1 is 1.21 bits per heavy atom. The van der Waals surface area contributed by atoms with Crippen LogP contribution in [0.1, 0.15) is 16.8 Å². The summed E-state index contributed by atoms with van der Waals surface area (Å²) in [4.78, 5) is 32.0. The Balaban J connectivity index is 1.89. The molecule has 0 spiro atoms. The van der Waals surface area contributed by atoms with Crippen molar-refractivity contribution in [2.75, 3.05) is 0 Å². The Morgan fingerprint density at radius 2 is 1.96 bits per heavy atom. The third-order valence-corrected chi connectivity index (χ3v) is 6.30. The molecule has 1 atom stereocenters. The highest BCUT2D eigenvalue weighted by atomic mass is 35.5. The maximum Gasteiger partial charge on any atom is 0.342 e. The maximum atomic E-state index is 13.6. The Labute approximate surface area is 167 Å². The number of amides is 1. The fourth-order valence-electron chi connectivity index (χ4n) is 2.64. The van der Waals surface area contributed by atoms with Gasteiger partial charge >= 0.3 is 7.60 Å². The van der Waals surface area contributed by atoms with Crippen molar-refractivity contribution in [3.63, 3.8) is 0 Å². The maximum absolute atomic E-state index is 13.6. The quantitative estimate of drug-likeness (QED) is 0.492. The summed E-state index contributed by atoms with van der Waals surface area (Å²) in [6.45, 7) is 0. The summed E-state index contributed by atoms with van der Waals surface area (Å²) in [7, 11) is -4.87. The largest absolute Gasteiger partial charge is 0.342 e. The summed E-state index contributed by atoms with van der Waals surface area (Å²) in [6.07, 6.45) is 2.20. The van der Waals surface area contributed by atoms with E-state index in [0.29, 0.717) is 16.5 Å². The monoisotopic (exact) mass is 443 g/mol. The Morgan fingerprint density at radius 3 is 2.64 bits per heavy atom. The van der Waals surface area contributed by atoms with Crippen LogP contribution in [-0.2, 0) is 9.36 Å². The second-order valence-corrected chi connectivity index (χ2v) is 8.87. The average molecular weight is 444 g/mol. The summed E-state index contributed by atoms with van der Waals surface area (Å²) in [5, 5.41) is 4.57. The standard InChI is InChI=1S/C18H13ClF2NO4PS/c19-11-2-4-16-13(7-11)14(9-28-16)17(27(24,25)26)18(23)22-6-5-10-1-3-12(20)8-15(10)21/h1-9,17H,(H,22,23)(H2,24,25,26)/b6-5+. The van der Waals surface area contributed by atoms with Crippen molar-refractivity contribution in [3.8, 4) is 0 Å². The third-order valence-electron chi connectivity index (χ3n) is 3.90. The van der Waals surface area contributed by atoms with E-state index < -0.39 is 30.8 Å². The zero-order valence-corrected chi connectivity index (χ0v) is 16.4. The molecule has 0 radical (unpaired) electrons. The summed E-state index contributed by atoms with van der Waals surface area (Å²) in [6, 6.07) is 7.75. The molecule has 5 nitrogen and oxygen atoms in total. The fraction of sp³-hybridized carbons (Fsp3) is 0.0556. The average Bonchev–Trinajstić information content (AvgIpc) is 2.98. The van der Waals surface area contributed by atoms with Gasteiger partial charge in [-0.1, -0.05) is 11.6 Å². The van der Waals surface area contributed by atoms with Gasteiger partial charge in [0.15, 0.2) is 5.66 Å². The molecule has 10 heteroatoms. The van der Waals surface area contributed by atoms with Crippen molar-refractivity contribution >= 4 is 52.6 Å². The van der Waals surface area contributed by atoms with E-state index in [9.17, 15) is 27.9 Å². The lowest BCUT2D eigenvalue weighted by Gasteiger charge is -2.16. The van der Waals surface area contributed by atoms with Gasteiger partial charge in [0, 0.05) is 27.6 Å². The minimum Gasteiger partial charge on any atom is -0.332 e. The van der Waals surface area contributed by atoms with Crippen molar-refractivity contribution in [2.24, 2.45) is 0 Å². The summed E-state index contributed by atoms with van der Waals surface area (Å²) in [5.74, 6) is -2.55. The summed E-state index contributed by atoms with van der Waals surface area (Å²) < 4.78 is 39.3. The van der Waals surface area contributed by atoms with Crippen LogP contribution in [0.3, 0.4) is 0 Å². The van der Waals surface area contributed by atoms with Crippen molar-refractivity contribution in [1.29, 1.82) is 0 Å². The van der Waals surface area contributed by atoms with Crippen LogP contribution in [0, 0.1) is 11.6 Å². The Hall–Kier alpha value is -2.09. The van der Waals surface area contributed by atoms with Crippen molar-refractivity contribution < 1.29 is 27.9 Å². The van der Waals surface area contributed by atoms with Gasteiger partial charge < -0.3 is 15.1 Å². The number of halogens is 3. The molecule has 0 saturated carbocycles. The normalized spacial score (nSPS) is 13.2. The first-order valence-electron chi connectivity index (χ1n) is 7.80. The Bertz CT molecular complexity index is 1130. The number of rotatable bonds is 5. The molecule has 1 aromatic heterocycles. The molecule has 2 aromatic carbocycles. The van der Waals surface area contributed by atoms with Crippen LogP contribution < -0.4 is 5.32 Å². The van der Waals surface area contributed by atoms with Crippen LogP contribution in [0.4, 0.5) is 8.78 Å². The molecule has 1 amide bonds. The molecule has 0 aliphatic rings. The van der Waals surface area contributed by atoms with Gasteiger partial charge in [-0.25, -0.2) is 8.78 Å². The number of hydrogen-bond donors (Lipinski definition) is 3. The van der Waals surface area contributed by atoms with Gasteiger partial charge in [-0.15, -0.1) is 11.3 Å². The zero-order valence-electron chi connectivity index (χ0n) is 14.0. The van der Waals surface area contributed by atoms with E-state index in [0.717, 1.165) is 23.0 Å². The first kappa shape index (κ1) is 20.6. The van der Waals surface area contributed by atoms with Crippen LogP contribution in [0.5, 0.6) is 0 Å². The lowest BCUT2D eigenvalue weighted by molar-refractivity contribution is -0.120. The van der Waals surface area contributed by atoms with Gasteiger partial charge in [0.2, 0.25) is 5.91 Å². The molecule has 0 aliphatic heterocycles. The van der Waals surface area contributed by atoms with E-state index in [2.05, 4.69) is 5.32 Å². The number of hydrogen-bond acceptors (Lipinski definition) is 3. The molecular formula is C18H13ClF2NO4PS. The van der Waals surface area contributed by atoms with Crippen LogP contribution in [0.2, 0.25) is 5.02 Å². The molecule has 0 saturated heterocycles. The van der Waals surface area contributed by atoms with Gasteiger partial charge in [0.05, 0.1) is 0 Å². The highest BCUT2D eigenvalue weighted by Crippen LogP contribution is 2.54. The molecule has 3 N–H and O–H groups in total. The molecule has 0 fully saturated rings. The molecule has 0 bridgehead atoms. The van der Waals surface area contributed by atoms with Gasteiger partial charge in [0.1, 0.15) is 11.6 Å². The van der Waals surface area contributed by atoms with Gasteiger partial charge in [-0.2, -0.15) is 0 Å². The SMILES string of the molecule is O=C(N/C=C/c1ccc(F)cc1F)C(c1csc2ccc(Cl)cc12)P(=O)(O)O. The van der Waals surface area contributed by atoms with Gasteiger partial charge in [-0.3, -0.25) is 9.36 Å². The molecule has 3 rings (SSSR count). The minimum absolute atomic E-state index is 0.00203. The van der Waals surface area contributed by atoms with E-state index in [1.54, 1.807) is 12.1 Å². The van der Waals surface area contributed by atoms with E-state index in [1.165, 1.54) is 28.8 Å². The van der Waals surface area contributed by atoms with Crippen molar-refractivity contribution in [2.45, 2.75) is 5.66 Å². The summed E-state index contributed by atoms with van der Waals surface area (Å²) in [5.41, 5.74) is -1.61. The molecule has 1 unspecified atom stereocenters. The first-order chi connectivity index (χ1) is 13.2. The van der Waals surface area contributed by atoms with E-state index in [-0.39, 0.29) is 11.1 Å². The van der Waals surface area contributed by atoms with Crippen LogP contribution in [0.15, 0.2) is 48.0 Å². The van der Waals surface area contributed by atoms with Crippen LogP contribution >= 0.6 is 30.5 Å². The molecule has 28 heavy (non-hydrogen) atoms. The topological polar surface area (TPSA) is 86.6 Å². The number of carbonyl (C=O) groups is 1. The lowest BCUT2D eigenvalue weighted by Crippen LogP contribution is -2.25. The third kappa shape index (κ3) is 4.48. The van der Waals surface area contributed by atoms with Gasteiger partial charge in [-0.05, 0) is 52.7 Å². The molecular weight excluding hydrogens is 431 g/mol. The molecule has 0 aliphatic carbocycles. The smallest absolute Gasteiger partial charge is 0.332 e. The Kier molecular flexibility index (Phi) is 5.98. The van der Waals surface area contributed by atoms with E-state index in [1.807, 2.05) is 0 Å². The van der Waals surface area contributed by atoms with Crippen molar-refractivity contribution in [3.05, 3.63) is 75.8 Å². The first-order valence-corrected chi connectivity index (χ1v) is 10.7. The number of nitrogens with one attached hydrogen (secondary N) is 1. The number of thiophene rings is 1. The molecule has 3 aromatic rings. The van der Waals surface area contributed by atoms with Crippen LogP contribution in [-0.4, -0.2) is 15.7 Å². The number of benzene rings is 2. The van der Waals surface area contributed by atoms with E-state index in [4.69, 9.17) is 11.6 Å². The lowest BCUT2D eigenvalue weighted by atomic mass is 10.1.